The van der Waals surface area contributed by atoms with Crippen LogP contribution >= 0.6 is 0 Å². The van der Waals surface area contributed by atoms with Crippen molar-refractivity contribution in [2.45, 2.75) is 56.3 Å². The molecule has 6 nitrogen and oxygen atoms in total. The molecule has 0 saturated carbocycles. The summed E-state index contributed by atoms with van der Waals surface area (Å²) in [5.74, 6) is 0.537. The SMILES string of the molecule is C=CCCCCCCCCC(=O)Oc1ccc([S+](C)C)cc1.COS(=O)(=O)[O-]. The summed E-state index contributed by atoms with van der Waals surface area (Å²) in [6.45, 7) is 3.72. The summed E-state index contributed by atoms with van der Waals surface area (Å²) in [5, 5.41) is 0. The van der Waals surface area contributed by atoms with E-state index in [0.717, 1.165) is 26.4 Å². The van der Waals surface area contributed by atoms with Gasteiger partial charge in [0.05, 0.1) is 7.11 Å². The maximum Gasteiger partial charge on any atom is 0.311 e. The smallest absolute Gasteiger partial charge is 0.311 e. The maximum absolute atomic E-state index is 11.8. The van der Waals surface area contributed by atoms with Crippen LogP contribution in [0, 0.1) is 0 Å². The lowest BCUT2D eigenvalue weighted by Gasteiger charge is -2.05. The van der Waals surface area contributed by atoms with Crippen molar-refractivity contribution in [1.29, 1.82) is 0 Å². The van der Waals surface area contributed by atoms with Gasteiger partial charge < -0.3 is 9.29 Å². The van der Waals surface area contributed by atoms with Gasteiger partial charge in [0.25, 0.3) is 0 Å². The number of carbonyl (C=O) groups excluding carboxylic acids is 1. The van der Waals surface area contributed by atoms with Crippen molar-refractivity contribution in [3.63, 3.8) is 0 Å². The quantitative estimate of drug-likeness (QED) is 0.0933. The van der Waals surface area contributed by atoms with Gasteiger partial charge in [0.1, 0.15) is 18.3 Å². The van der Waals surface area contributed by atoms with E-state index in [-0.39, 0.29) is 16.9 Å². The van der Waals surface area contributed by atoms with Crippen molar-refractivity contribution in [3.8, 4) is 5.75 Å². The number of rotatable bonds is 12. The minimum absolute atomic E-state index is 0.119. The van der Waals surface area contributed by atoms with Crippen LogP contribution in [0.4, 0.5) is 0 Å². The Bertz CT molecular complexity index is 654. The van der Waals surface area contributed by atoms with Crippen molar-refractivity contribution < 1.29 is 26.7 Å². The molecule has 28 heavy (non-hydrogen) atoms. The summed E-state index contributed by atoms with van der Waals surface area (Å²) in [7, 11) is -3.36. The van der Waals surface area contributed by atoms with Gasteiger partial charge in [-0.2, -0.15) is 0 Å². The van der Waals surface area contributed by atoms with E-state index in [1.54, 1.807) is 0 Å². The van der Waals surface area contributed by atoms with Gasteiger partial charge in [-0.05, 0) is 43.5 Å². The minimum atomic E-state index is -4.41. The molecule has 0 spiro atoms. The molecule has 0 heterocycles. The topological polar surface area (TPSA) is 92.7 Å². The van der Waals surface area contributed by atoms with Crippen LogP contribution in [0.2, 0.25) is 0 Å². The van der Waals surface area contributed by atoms with Crippen LogP contribution in [0.25, 0.3) is 0 Å². The second-order valence-corrected chi connectivity index (χ2v) is 9.54. The summed E-state index contributed by atoms with van der Waals surface area (Å²) >= 11 is 0. The van der Waals surface area contributed by atoms with E-state index in [9.17, 15) is 17.8 Å². The van der Waals surface area contributed by atoms with Crippen molar-refractivity contribution in [2.75, 3.05) is 19.6 Å². The molecule has 0 radical (unpaired) electrons. The highest BCUT2D eigenvalue weighted by Gasteiger charge is 2.09. The Morgan fingerprint density at radius 2 is 1.57 bits per heavy atom. The average molecular weight is 433 g/mol. The molecule has 0 atom stereocenters. The molecular weight excluding hydrogens is 400 g/mol. The molecule has 0 amide bonds. The summed E-state index contributed by atoms with van der Waals surface area (Å²) in [5.41, 5.74) is 0. The first-order chi connectivity index (χ1) is 13.2. The van der Waals surface area contributed by atoms with Crippen LogP contribution in [-0.4, -0.2) is 38.6 Å². The van der Waals surface area contributed by atoms with E-state index in [1.807, 2.05) is 30.3 Å². The monoisotopic (exact) mass is 432 g/mol. The van der Waals surface area contributed by atoms with E-state index in [2.05, 4.69) is 23.3 Å². The fourth-order valence-corrected chi connectivity index (χ4v) is 2.91. The molecule has 160 valence electrons. The van der Waals surface area contributed by atoms with Crippen LogP contribution < -0.4 is 4.74 Å². The van der Waals surface area contributed by atoms with Gasteiger partial charge in [0.15, 0.2) is 4.90 Å². The highest BCUT2D eigenvalue weighted by Crippen LogP contribution is 2.17. The normalized spacial score (nSPS) is 10.9. The highest BCUT2D eigenvalue weighted by atomic mass is 32.3. The number of allylic oxidation sites excluding steroid dienone is 1. The van der Waals surface area contributed by atoms with Crippen molar-refractivity contribution in [1.82, 2.24) is 0 Å². The number of carbonyl (C=O) groups is 1. The van der Waals surface area contributed by atoms with E-state index < -0.39 is 10.4 Å². The first-order valence-corrected chi connectivity index (χ1v) is 12.6. The fraction of sp³-hybridized carbons (Fsp3) is 0.550. The molecule has 0 aliphatic rings. The Kier molecular flexibility index (Phi) is 14.8. The Hall–Kier alpha value is -1.35. The van der Waals surface area contributed by atoms with E-state index in [0.29, 0.717) is 12.2 Å². The average Bonchev–Trinajstić information content (AvgIpc) is 2.64. The molecule has 8 heteroatoms. The van der Waals surface area contributed by atoms with Crippen LogP contribution in [0.1, 0.15) is 51.4 Å². The van der Waals surface area contributed by atoms with Crippen molar-refractivity contribution >= 4 is 27.3 Å². The van der Waals surface area contributed by atoms with Gasteiger partial charge in [-0.3, -0.25) is 8.98 Å². The van der Waals surface area contributed by atoms with Crippen molar-refractivity contribution in [3.05, 3.63) is 36.9 Å². The number of ether oxygens (including phenoxy) is 1. The van der Waals surface area contributed by atoms with Crippen LogP contribution in [0.3, 0.4) is 0 Å². The molecule has 0 aliphatic heterocycles. The highest BCUT2D eigenvalue weighted by molar-refractivity contribution is 7.95. The Morgan fingerprint density at radius 1 is 1.07 bits per heavy atom. The number of esters is 1. The zero-order valence-electron chi connectivity index (χ0n) is 17.0. The lowest BCUT2D eigenvalue weighted by Crippen LogP contribution is -2.07. The third kappa shape index (κ3) is 15.7. The third-order valence-corrected chi connectivity index (χ3v) is 5.39. The molecule has 1 rings (SSSR count). The zero-order chi connectivity index (χ0) is 21.4. The summed E-state index contributed by atoms with van der Waals surface area (Å²) in [4.78, 5) is 13.1. The second kappa shape index (κ2) is 15.6. The molecule has 0 aromatic heterocycles. The van der Waals surface area contributed by atoms with Gasteiger partial charge in [0, 0.05) is 17.3 Å². The molecule has 0 saturated heterocycles. The number of unbranched alkanes of at least 4 members (excludes halogenated alkanes) is 6. The molecule has 0 fully saturated rings. The Balaban J connectivity index is 0.00000105. The fourth-order valence-electron chi connectivity index (χ4n) is 2.23. The lowest BCUT2D eigenvalue weighted by molar-refractivity contribution is -0.134. The minimum Gasteiger partial charge on any atom is -0.726 e. The van der Waals surface area contributed by atoms with Crippen LogP contribution in [0.5, 0.6) is 5.75 Å². The second-order valence-electron chi connectivity index (χ2n) is 6.29. The van der Waals surface area contributed by atoms with E-state index in [1.165, 1.54) is 30.6 Å². The molecule has 1 aromatic carbocycles. The lowest BCUT2D eigenvalue weighted by atomic mass is 10.1. The standard InChI is InChI=1S/C19H29O2S.CH4O4S/c1-4-5-6-7-8-9-10-11-12-19(20)21-17-13-15-18(16-14-17)22(2)3;1-5-6(2,3)4/h4,13-16H,1,5-12H2,2-3H3;1H3,(H,2,3,4)/q+1;/p-1. The number of hydrogen-bond donors (Lipinski definition) is 0. The Morgan fingerprint density at radius 3 is 2.04 bits per heavy atom. The summed E-state index contributed by atoms with van der Waals surface area (Å²) < 4.78 is 36.4. The van der Waals surface area contributed by atoms with E-state index in [4.69, 9.17) is 4.74 Å². The Labute approximate surface area is 172 Å². The first kappa shape index (κ1) is 26.6. The van der Waals surface area contributed by atoms with E-state index >= 15 is 0 Å². The predicted octanol–water partition coefficient (Wildman–Crippen LogP) is 4.23. The van der Waals surface area contributed by atoms with Gasteiger partial charge in [-0.15, -0.1) is 6.58 Å². The maximum atomic E-state index is 11.8. The van der Waals surface area contributed by atoms with Crippen LogP contribution in [-0.2, 0) is 30.3 Å². The van der Waals surface area contributed by atoms with Gasteiger partial charge >= 0.3 is 5.97 Å². The number of benzene rings is 1. The van der Waals surface area contributed by atoms with Gasteiger partial charge in [-0.1, -0.05) is 31.8 Å². The molecule has 0 aliphatic carbocycles. The largest absolute Gasteiger partial charge is 0.726 e. The summed E-state index contributed by atoms with van der Waals surface area (Å²) in [6, 6.07) is 7.85. The first-order valence-electron chi connectivity index (χ1n) is 9.20. The summed E-state index contributed by atoms with van der Waals surface area (Å²) in [6.07, 6.45) is 14.9. The molecule has 0 N–H and O–H groups in total. The molecule has 0 unspecified atom stereocenters. The zero-order valence-corrected chi connectivity index (χ0v) is 18.6. The van der Waals surface area contributed by atoms with Crippen molar-refractivity contribution in [2.24, 2.45) is 0 Å². The third-order valence-electron chi connectivity index (χ3n) is 3.77. The molecule has 1 aromatic rings. The van der Waals surface area contributed by atoms with Gasteiger partial charge in [0.2, 0.25) is 10.4 Å². The molecular formula is C20H32O6S2. The number of hydrogen-bond acceptors (Lipinski definition) is 6. The predicted molar refractivity (Wildman–Crippen MR) is 113 cm³/mol. The van der Waals surface area contributed by atoms with Crippen LogP contribution in [0.15, 0.2) is 41.8 Å². The molecule has 0 bridgehead atoms. The van der Waals surface area contributed by atoms with Gasteiger partial charge in [-0.25, -0.2) is 8.42 Å².